The number of rotatable bonds is 6. The third kappa shape index (κ3) is 6.48. The highest BCUT2D eigenvalue weighted by Crippen LogP contribution is 2.38. The van der Waals surface area contributed by atoms with Crippen LogP contribution in [-0.2, 0) is 14.6 Å². The standard InChI is InChI=1S/C35H35F2N5O4S/c1-21-8-10-25(11-9-21)47(44,45)30-17-29(31-27(36)6-5-7-28(31)37)41-32-26(20-40-33(30)32)22-16-24(19-39-18-22)42(23-12-14-38-15-13-23)34(43)46-35(2,3)4/h5-11,16-20,23,38,40H,12-15H2,1-4H3. The van der Waals surface area contributed by atoms with Crippen LogP contribution in [0, 0.1) is 18.6 Å². The highest BCUT2D eigenvalue weighted by molar-refractivity contribution is 7.91. The molecule has 0 aliphatic carbocycles. The number of ether oxygens (including phenoxy) is 1. The average molecular weight is 660 g/mol. The molecule has 0 atom stereocenters. The van der Waals surface area contributed by atoms with Crippen molar-refractivity contribution in [3.05, 3.63) is 90.4 Å². The first-order valence-electron chi connectivity index (χ1n) is 15.3. The van der Waals surface area contributed by atoms with Gasteiger partial charge in [-0.2, -0.15) is 0 Å². The van der Waals surface area contributed by atoms with E-state index >= 15 is 8.78 Å². The van der Waals surface area contributed by atoms with Gasteiger partial charge in [0.05, 0.1) is 44.0 Å². The number of nitrogens with one attached hydrogen (secondary N) is 2. The SMILES string of the molecule is Cc1ccc(S(=O)(=O)c2cc(-c3c(F)cccc3F)nc3c(-c4cncc(N(C(=O)OC(C)(C)C)C5CCNCC5)c4)c[nH]c23)cc1. The minimum atomic E-state index is -4.18. The van der Waals surface area contributed by atoms with Crippen molar-refractivity contribution in [3.63, 3.8) is 0 Å². The summed E-state index contributed by atoms with van der Waals surface area (Å²) in [5.74, 6) is -1.77. The number of nitrogens with zero attached hydrogens (tertiary/aromatic N) is 3. The number of aromatic amines is 1. The van der Waals surface area contributed by atoms with Gasteiger partial charge in [-0.15, -0.1) is 0 Å². The summed E-state index contributed by atoms with van der Waals surface area (Å²) >= 11 is 0. The van der Waals surface area contributed by atoms with Gasteiger partial charge in [-0.1, -0.05) is 23.8 Å². The van der Waals surface area contributed by atoms with Crippen LogP contribution in [0.15, 0.2) is 83.0 Å². The Morgan fingerprint density at radius 3 is 2.34 bits per heavy atom. The highest BCUT2D eigenvalue weighted by atomic mass is 32.2. The Labute approximate surface area is 271 Å². The fraction of sp³-hybridized carbons (Fsp3) is 0.286. The smallest absolute Gasteiger partial charge is 0.415 e. The van der Waals surface area contributed by atoms with Crippen LogP contribution < -0.4 is 10.2 Å². The Kier molecular flexibility index (Phi) is 8.58. The van der Waals surface area contributed by atoms with Gasteiger partial charge in [0, 0.05) is 29.6 Å². The van der Waals surface area contributed by atoms with Crippen molar-refractivity contribution in [1.29, 1.82) is 0 Å². The summed E-state index contributed by atoms with van der Waals surface area (Å²) in [7, 11) is -4.18. The van der Waals surface area contributed by atoms with E-state index < -0.39 is 38.7 Å². The molecule has 9 nitrogen and oxygen atoms in total. The topological polar surface area (TPSA) is 117 Å². The van der Waals surface area contributed by atoms with E-state index in [0.717, 1.165) is 30.8 Å². The summed E-state index contributed by atoms with van der Waals surface area (Å²) in [5, 5.41) is 3.31. The average Bonchev–Trinajstić information content (AvgIpc) is 3.45. The van der Waals surface area contributed by atoms with Gasteiger partial charge in [0.15, 0.2) is 0 Å². The molecule has 0 saturated carbocycles. The molecule has 1 aliphatic heterocycles. The van der Waals surface area contributed by atoms with Gasteiger partial charge in [-0.25, -0.2) is 27.0 Å². The summed E-state index contributed by atoms with van der Waals surface area (Å²) in [5.41, 5.74) is 1.26. The fourth-order valence-electron chi connectivity index (χ4n) is 5.76. The molecule has 244 valence electrons. The number of pyridine rings is 2. The van der Waals surface area contributed by atoms with E-state index in [4.69, 9.17) is 4.74 Å². The summed E-state index contributed by atoms with van der Waals surface area (Å²) in [4.78, 5) is 27.1. The van der Waals surface area contributed by atoms with Crippen LogP contribution >= 0.6 is 0 Å². The molecular formula is C35H35F2N5O4S. The maximum Gasteiger partial charge on any atom is 0.415 e. The van der Waals surface area contributed by atoms with Crippen LogP contribution in [0.5, 0.6) is 0 Å². The lowest BCUT2D eigenvalue weighted by Gasteiger charge is -2.35. The minimum absolute atomic E-state index is 0.0188. The molecule has 2 aromatic carbocycles. The molecule has 47 heavy (non-hydrogen) atoms. The number of fused-ring (bicyclic) bond motifs is 1. The third-order valence-corrected chi connectivity index (χ3v) is 9.81. The number of aryl methyl sites for hydroxylation is 1. The Hall–Kier alpha value is -4.68. The predicted molar refractivity (Wildman–Crippen MR) is 176 cm³/mol. The number of hydrogen-bond acceptors (Lipinski definition) is 7. The maximum atomic E-state index is 15.1. The molecule has 3 aromatic heterocycles. The van der Waals surface area contributed by atoms with E-state index in [9.17, 15) is 13.2 Å². The van der Waals surface area contributed by atoms with E-state index in [1.54, 1.807) is 62.5 Å². The summed E-state index contributed by atoms with van der Waals surface area (Å²) in [6.07, 6.45) is 5.62. The van der Waals surface area contributed by atoms with Gasteiger partial charge >= 0.3 is 6.09 Å². The predicted octanol–water partition coefficient (Wildman–Crippen LogP) is 7.20. The summed E-state index contributed by atoms with van der Waals surface area (Å²) in [6.45, 7) is 8.71. The molecular weight excluding hydrogens is 624 g/mol. The molecule has 4 heterocycles. The van der Waals surface area contributed by atoms with Crippen molar-refractivity contribution in [1.82, 2.24) is 20.3 Å². The van der Waals surface area contributed by atoms with E-state index in [1.807, 2.05) is 6.92 Å². The van der Waals surface area contributed by atoms with Gasteiger partial charge in [0.25, 0.3) is 0 Å². The zero-order valence-electron chi connectivity index (χ0n) is 26.5. The lowest BCUT2D eigenvalue weighted by Crippen LogP contribution is -2.48. The molecule has 5 aromatic rings. The number of anilines is 1. The number of halogens is 2. The van der Waals surface area contributed by atoms with Gasteiger partial charge in [0.2, 0.25) is 9.84 Å². The molecule has 1 fully saturated rings. The van der Waals surface area contributed by atoms with Crippen LogP contribution in [0.25, 0.3) is 33.4 Å². The largest absolute Gasteiger partial charge is 0.443 e. The van der Waals surface area contributed by atoms with Crippen molar-refractivity contribution in [2.75, 3.05) is 18.0 Å². The lowest BCUT2D eigenvalue weighted by molar-refractivity contribution is 0.0559. The van der Waals surface area contributed by atoms with Crippen LogP contribution in [0.2, 0.25) is 0 Å². The van der Waals surface area contributed by atoms with E-state index in [1.165, 1.54) is 24.3 Å². The summed E-state index contributed by atoms with van der Waals surface area (Å²) in [6, 6.07) is 12.6. The number of amides is 1. The first kappa shape index (κ1) is 32.3. The second-order valence-corrected chi connectivity index (χ2v) is 14.5. The Bertz CT molecular complexity index is 2050. The summed E-state index contributed by atoms with van der Waals surface area (Å²) < 4.78 is 64.1. The molecule has 0 spiro atoms. The monoisotopic (exact) mass is 659 g/mol. The Morgan fingerprint density at radius 1 is 1.00 bits per heavy atom. The van der Waals surface area contributed by atoms with Gasteiger partial charge in [-0.3, -0.25) is 9.88 Å². The number of benzene rings is 2. The van der Waals surface area contributed by atoms with Gasteiger partial charge in [-0.05, 0) is 90.0 Å². The molecule has 1 amide bonds. The first-order valence-corrected chi connectivity index (χ1v) is 16.8. The van der Waals surface area contributed by atoms with Gasteiger partial charge < -0.3 is 15.0 Å². The van der Waals surface area contributed by atoms with Crippen molar-refractivity contribution in [3.8, 4) is 22.4 Å². The zero-order valence-corrected chi connectivity index (χ0v) is 27.3. The van der Waals surface area contributed by atoms with E-state index in [0.29, 0.717) is 29.7 Å². The molecule has 1 saturated heterocycles. The highest BCUT2D eigenvalue weighted by Gasteiger charge is 2.32. The fourth-order valence-corrected chi connectivity index (χ4v) is 7.20. The Balaban J connectivity index is 1.54. The molecule has 12 heteroatoms. The first-order chi connectivity index (χ1) is 22.3. The van der Waals surface area contributed by atoms with E-state index in [2.05, 4.69) is 20.3 Å². The Morgan fingerprint density at radius 2 is 1.68 bits per heavy atom. The van der Waals surface area contributed by atoms with Crippen molar-refractivity contribution in [2.24, 2.45) is 0 Å². The normalized spacial score (nSPS) is 14.3. The number of carbonyl (C=O) groups excluding carboxylic acids is 1. The zero-order chi connectivity index (χ0) is 33.5. The van der Waals surface area contributed by atoms with Gasteiger partial charge in [0.1, 0.15) is 17.2 Å². The molecule has 1 aliphatic rings. The number of sulfone groups is 1. The van der Waals surface area contributed by atoms with Crippen LogP contribution in [0.1, 0.15) is 39.2 Å². The quantitative estimate of drug-likeness (QED) is 0.198. The minimum Gasteiger partial charge on any atom is -0.443 e. The molecule has 2 N–H and O–H groups in total. The lowest BCUT2D eigenvalue weighted by atomic mass is 10.0. The number of aromatic nitrogens is 3. The van der Waals surface area contributed by atoms with Crippen molar-refractivity contribution in [2.45, 2.75) is 62.0 Å². The number of carbonyl (C=O) groups is 1. The molecule has 0 bridgehead atoms. The van der Waals surface area contributed by atoms with Crippen molar-refractivity contribution < 1.29 is 26.7 Å². The third-order valence-electron chi connectivity index (χ3n) is 8.02. The number of piperidine rings is 1. The molecule has 0 unspecified atom stereocenters. The number of hydrogen-bond donors (Lipinski definition) is 2. The number of H-pyrrole nitrogens is 1. The van der Waals surface area contributed by atoms with E-state index in [-0.39, 0.29) is 32.6 Å². The van der Waals surface area contributed by atoms with Crippen LogP contribution in [0.4, 0.5) is 19.3 Å². The van der Waals surface area contributed by atoms with Crippen LogP contribution in [0.3, 0.4) is 0 Å². The molecule has 0 radical (unpaired) electrons. The van der Waals surface area contributed by atoms with Crippen LogP contribution in [-0.4, -0.2) is 54.2 Å². The molecule has 6 rings (SSSR count). The maximum absolute atomic E-state index is 15.1. The van der Waals surface area contributed by atoms with Crippen molar-refractivity contribution >= 4 is 32.7 Å². The second kappa shape index (κ2) is 12.5. The second-order valence-electron chi connectivity index (χ2n) is 12.6.